The lowest BCUT2D eigenvalue weighted by Crippen LogP contribution is -2.35. The third-order valence-corrected chi connectivity index (χ3v) is 4.49. The monoisotopic (exact) mass is 346 g/mol. The normalized spacial score (nSPS) is 10.8. The highest BCUT2D eigenvalue weighted by Crippen LogP contribution is 2.10. The van der Waals surface area contributed by atoms with Crippen LogP contribution in [-0.2, 0) is 17.1 Å². The third-order valence-electron chi connectivity index (χ3n) is 3.46. The molecule has 0 fully saturated rings. The summed E-state index contributed by atoms with van der Waals surface area (Å²) in [5.41, 5.74) is 2.29. The van der Waals surface area contributed by atoms with Crippen LogP contribution in [0.15, 0.2) is 54.6 Å². The topological polar surface area (TPSA) is 32.3 Å². The first-order chi connectivity index (χ1) is 11.6. The average molecular weight is 346 g/mol. The van der Waals surface area contributed by atoms with Crippen molar-refractivity contribution in [2.24, 2.45) is 0 Å². The maximum Gasteiger partial charge on any atom is 0.234 e. The highest BCUT2D eigenvalue weighted by molar-refractivity contribution is 7.98. The van der Waals surface area contributed by atoms with Crippen molar-refractivity contribution in [2.45, 2.75) is 12.3 Å². The first kappa shape index (κ1) is 18.5. The lowest BCUT2D eigenvalue weighted by atomic mass is 10.2. The van der Waals surface area contributed by atoms with Gasteiger partial charge in [-0.15, -0.1) is 0 Å². The number of nitrogens with one attached hydrogen (secondary N) is 1. The Morgan fingerprint density at radius 3 is 2.50 bits per heavy atom. The lowest BCUT2D eigenvalue weighted by Gasteiger charge is -2.16. The van der Waals surface area contributed by atoms with Gasteiger partial charge in [0.1, 0.15) is 5.82 Å². The maximum absolute atomic E-state index is 12.9. The molecule has 0 aliphatic carbocycles. The van der Waals surface area contributed by atoms with Crippen molar-refractivity contribution in [3.8, 4) is 0 Å². The van der Waals surface area contributed by atoms with Crippen LogP contribution in [-0.4, -0.2) is 36.7 Å². The Bertz CT molecular complexity index is 619. The molecule has 0 unspecified atom stereocenters. The molecule has 0 saturated heterocycles. The molecule has 3 nitrogen and oxygen atoms in total. The summed E-state index contributed by atoms with van der Waals surface area (Å²) in [6.45, 7) is 1.62. The van der Waals surface area contributed by atoms with Crippen LogP contribution in [0, 0.1) is 5.82 Å². The summed E-state index contributed by atoms with van der Waals surface area (Å²) in [6, 6.07) is 16.7. The molecule has 1 N–H and O–H groups in total. The molecule has 0 radical (unpaired) electrons. The van der Waals surface area contributed by atoms with Gasteiger partial charge in [0.15, 0.2) is 0 Å². The zero-order valence-corrected chi connectivity index (χ0v) is 14.7. The first-order valence-corrected chi connectivity index (χ1v) is 9.10. The van der Waals surface area contributed by atoms with Gasteiger partial charge >= 0.3 is 0 Å². The van der Waals surface area contributed by atoms with E-state index in [1.165, 1.54) is 17.7 Å². The van der Waals surface area contributed by atoms with Crippen molar-refractivity contribution in [2.75, 3.05) is 25.9 Å². The largest absolute Gasteiger partial charge is 0.354 e. The summed E-state index contributed by atoms with van der Waals surface area (Å²) in [6.07, 6.45) is 0. The predicted molar refractivity (Wildman–Crippen MR) is 98.3 cm³/mol. The van der Waals surface area contributed by atoms with Crippen LogP contribution < -0.4 is 5.32 Å². The molecule has 128 valence electrons. The van der Waals surface area contributed by atoms with Gasteiger partial charge in [0.25, 0.3) is 0 Å². The van der Waals surface area contributed by atoms with Crippen LogP contribution in [0.1, 0.15) is 11.1 Å². The van der Waals surface area contributed by atoms with Crippen LogP contribution >= 0.6 is 11.8 Å². The van der Waals surface area contributed by atoms with E-state index in [9.17, 15) is 9.18 Å². The van der Waals surface area contributed by atoms with E-state index in [-0.39, 0.29) is 11.7 Å². The summed E-state index contributed by atoms with van der Waals surface area (Å²) in [7, 11) is 1.88. The van der Waals surface area contributed by atoms with E-state index < -0.39 is 0 Å². The molecule has 2 aromatic rings. The number of likely N-dealkylation sites (N-methyl/N-ethyl adjacent to an activating group) is 1. The number of amides is 1. The van der Waals surface area contributed by atoms with Crippen LogP contribution in [0.25, 0.3) is 0 Å². The third kappa shape index (κ3) is 7.15. The minimum Gasteiger partial charge on any atom is -0.354 e. The van der Waals surface area contributed by atoms with Gasteiger partial charge in [-0.3, -0.25) is 9.69 Å². The standard InChI is InChI=1S/C19H23FN2OS/c1-22(13-16-7-9-18(20)10-8-16)14-19(23)21-11-12-24-15-17-5-3-2-4-6-17/h2-10H,11-15H2,1H3,(H,21,23). The Kier molecular flexibility index (Phi) is 7.79. The van der Waals surface area contributed by atoms with Crippen molar-refractivity contribution >= 4 is 17.7 Å². The van der Waals surface area contributed by atoms with E-state index in [2.05, 4.69) is 17.4 Å². The molecular formula is C19H23FN2OS. The molecule has 0 heterocycles. The van der Waals surface area contributed by atoms with E-state index in [0.717, 1.165) is 17.1 Å². The Morgan fingerprint density at radius 1 is 1.08 bits per heavy atom. The van der Waals surface area contributed by atoms with Gasteiger partial charge in [-0.25, -0.2) is 4.39 Å². The van der Waals surface area contributed by atoms with Crippen molar-refractivity contribution in [3.05, 3.63) is 71.5 Å². The Morgan fingerprint density at radius 2 is 1.79 bits per heavy atom. The number of hydrogen-bond donors (Lipinski definition) is 1. The Hall–Kier alpha value is -1.85. The number of nitrogens with zero attached hydrogens (tertiary/aromatic N) is 1. The van der Waals surface area contributed by atoms with Gasteiger partial charge in [0.05, 0.1) is 6.54 Å². The quantitative estimate of drug-likeness (QED) is 0.707. The minimum absolute atomic E-state index is 0.0138. The molecule has 0 saturated carbocycles. The van der Waals surface area contributed by atoms with E-state index in [0.29, 0.717) is 19.6 Å². The Labute approximate surface area is 147 Å². The van der Waals surface area contributed by atoms with Gasteiger partial charge in [0, 0.05) is 24.6 Å². The second kappa shape index (κ2) is 10.1. The van der Waals surface area contributed by atoms with Crippen LogP contribution in [0.5, 0.6) is 0 Å². The average Bonchev–Trinajstić information content (AvgIpc) is 2.57. The molecule has 0 bridgehead atoms. The second-order valence-electron chi connectivity index (χ2n) is 5.69. The van der Waals surface area contributed by atoms with E-state index in [1.54, 1.807) is 12.1 Å². The van der Waals surface area contributed by atoms with Gasteiger partial charge < -0.3 is 5.32 Å². The van der Waals surface area contributed by atoms with Crippen LogP contribution in [0.4, 0.5) is 4.39 Å². The van der Waals surface area contributed by atoms with E-state index >= 15 is 0 Å². The number of rotatable bonds is 9. The zero-order chi connectivity index (χ0) is 17.2. The van der Waals surface area contributed by atoms with Crippen molar-refractivity contribution in [1.29, 1.82) is 0 Å². The van der Waals surface area contributed by atoms with Crippen LogP contribution in [0.2, 0.25) is 0 Å². The number of halogens is 1. The number of carbonyl (C=O) groups is 1. The fraction of sp³-hybridized carbons (Fsp3) is 0.316. The second-order valence-corrected chi connectivity index (χ2v) is 6.79. The van der Waals surface area contributed by atoms with Crippen molar-refractivity contribution in [3.63, 3.8) is 0 Å². The molecule has 1 amide bonds. The maximum atomic E-state index is 12.9. The molecule has 2 rings (SSSR count). The number of hydrogen-bond acceptors (Lipinski definition) is 3. The molecular weight excluding hydrogens is 323 g/mol. The summed E-state index contributed by atoms with van der Waals surface area (Å²) >= 11 is 1.81. The first-order valence-electron chi connectivity index (χ1n) is 7.95. The summed E-state index contributed by atoms with van der Waals surface area (Å²) in [5.74, 6) is 1.62. The zero-order valence-electron chi connectivity index (χ0n) is 13.9. The van der Waals surface area contributed by atoms with Crippen LogP contribution in [0.3, 0.4) is 0 Å². The molecule has 24 heavy (non-hydrogen) atoms. The van der Waals surface area contributed by atoms with Gasteiger partial charge in [-0.2, -0.15) is 11.8 Å². The predicted octanol–water partition coefficient (Wildman–Crippen LogP) is 3.31. The van der Waals surface area contributed by atoms with Gasteiger partial charge in [-0.05, 0) is 30.3 Å². The smallest absolute Gasteiger partial charge is 0.234 e. The van der Waals surface area contributed by atoms with Gasteiger partial charge in [0.2, 0.25) is 5.91 Å². The molecule has 5 heteroatoms. The molecule has 0 aliphatic rings. The summed E-state index contributed by atoms with van der Waals surface area (Å²) in [5, 5.41) is 2.93. The molecule has 2 aromatic carbocycles. The molecule has 0 atom stereocenters. The SMILES string of the molecule is CN(CC(=O)NCCSCc1ccccc1)Cc1ccc(F)cc1. The van der Waals surface area contributed by atoms with Crippen molar-refractivity contribution in [1.82, 2.24) is 10.2 Å². The van der Waals surface area contributed by atoms with Gasteiger partial charge in [-0.1, -0.05) is 42.5 Å². The number of benzene rings is 2. The number of thioether (sulfide) groups is 1. The number of carbonyl (C=O) groups excluding carboxylic acids is 1. The lowest BCUT2D eigenvalue weighted by molar-refractivity contribution is -0.121. The molecule has 0 spiro atoms. The Balaban J connectivity index is 1.58. The fourth-order valence-corrected chi connectivity index (χ4v) is 3.10. The highest BCUT2D eigenvalue weighted by Gasteiger charge is 2.07. The highest BCUT2D eigenvalue weighted by atomic mass is 32.2. The molecule has 0 aromatic heterocycles. The van der Waals surface area contributed by atoms with Crippen molar-refractivity contribution < 1.29 is 9.18 Å². The molecule has 0 aliphatic heterocycles. The fourth-order valence-electron chi connectivity index (χ4n) is 2.29. The summed E-state index contributed by atoms with van der Waals surface area (Å²) in [4.78, 5) is 13.8. The summed E-state index contributed by atoms with van der Waals surface area (Å²) < 4.78 is 12.9. The van der Waals surface area contributed by atoms with E-state index in [1.807, 2.05) is 41.9 Å². The van der Waals surface area contributed by atoms with E-state index in [4.69, 9.17) is 0 Å². The minimum atomic E-state index is -0.243.